The van der Waals surface area contributed by atoms with E-state index in [-0.39, 0.29) is 30.0 Å². The molecule has 1 heterocycles. The summed E-state index contributed by atoms with van der Waals surface area (Å²) < 4.78 is 28.9. The second-order valence-corrected chi connectivity index (χ2v) is 9.25. The average Bonchev–Trinajstić information content (AvgIpc) is 2.93. The van der Waals surface area contributed by atoms with Gasteiger partial charge in [0.1, 0.15) is 5.75 Å². The Hall–Kier alpha value is -2.25. The summed E-state index contributed by atoms with van der Waals surface area (Å²) in [5, 5.41) is 6.26. The molecule has 1 saturated heterocycles. The van der Waals surface area contributed by atoms with Crippen molar-refractivity contribution in [3.63, 3.8) is 0 Å². The number of ether oxygens (including phenoxy) is 1. The van der Waals surface area contributed by atoms with Gasteiger partial charge in [0.25, 0.3) is 0 Å². The number of hydrogen-bond donors (Lipinski definition) is 2. The first-order valence-electron chi connectivity index (χ1n) is 8.58. The predicted octanol–water partition coefficient (Wildman–Crippen LogP) is 3.16. The number of benzene rings is 2. The van der Waals surface area contributed by atoms with Gasteiger partial charge < -0.3 is 15.4 Å². The number of carbonyl (C=O) groups excluding carboxylic acids is 1. The van der Waals surface area contributed by atoms with E-state index in [2.05, 4.69) is 10.6 Å². The third-order valence-electron chi connectivity index (χ3n) is 4.20. The van der Waals surface area contributed by atoms with E-state index in [0.29, 0.717) is 28.6 Å². The van der Waals surface area contributed by atoms with Crippen LogP contribution in [0.3, 0.4) is 0 Å². The molecule has 0 radical (unpaired) electrons. The summed E-state index contributed by atoms with van der Waals surface area (Å²) in [6, 6.07) is 12.4. The van der Waals surface area contributed by atoms with Crippen LogP contribution >= 0.6 is 11.6 Å². The molecule has 0 bridgehead atoms. The highest BCUT2D eigenvalue weighted by atomic mass is 35.5. The summed E-state index contributed by atoms with van der Waals surface area (Å²) in [6.07, 6.45) is 0.451. The molecule has 8 heteroatoms. The number of hydrogen-bond acceptors (Lipinski definition) is 5. The monoisotopic (exact) mass is 408 g/mol. The van der Waals surface area contributed by atoms with E-state index in [4.69, 9.17) is 16.3 Å². The van der Waals surface area contributed by atoms with E-state index in [9.17, 15) is 13.2 Å². The Labute approximate surface area is 163 Å². The first-order valence-corrected chi connectivity index (χ1v) is 10.8. The first-order chi connectivity index (χ1) is 12.8. The van der Waals surface area contributed by atoms with Gasteiger partial charge in [-0.1, -0.05) is 23.7 Å². The van der Waals surface area contributed by atoms with Gasteiger partial charge in [-0.05, 0) is 49.2 Å². The minimum atomic E-state index is -3.03. The minimum Gasteiger partial charge on any atom is -0.455 e. The fourth-order valence-corrected chi connectivity index (χ4v) is 4.74. The van der Waals surface area contributed by atoms with Crippen molar-refractivity contribution in [2.24, 2.45) is 0 Å². The first kappa shape index (κ1) is 19.5. The molecule has 0 saturated carbocycles. The van der Waals surface area contributed by atoms with E-state index in [0.717, 1.165) is 5.56 Å². The Morgan fingerprint density at radius 1 is 1.26 bits per heavy atom. The van der Waals surface area contributed by atoms with Crippen LogP contribution in [-0.4, -0.2) is 38.4 Å². The van der Waals surface area contributed by atoms with Crippen molar-refractivity contribution in [3.8, 4) is 11.5 Å². The molecule has 1 aliphatic heterocycles. The molecular formula is C19H21ClN2O4S. The zero-order valence-electron chi connectivity index (χ0n) is 14.9. The number of halogens is 1. The highest BCUT2D eigenvalue weighted by molar-refractivity contribution is 7.91. The van der Waals surface area contributed by atoms with E-state index in [1.807, 2.05) is 31.2 Å². The molecule has 27 heavy (non-hydrogen) atoms. The highest BCUT2D eigenvalue weighted by Gasteiger charge is 2.28. The van der Waals surface area contributed by atoms with E-state index in [1.165, 1.54) is 0 Å². The number of aryl methyl sites for hydroxylation is 1. The SMILES string of the molecule is Cc1cccc(Oc2ccc(Cl)cc2NCC(=O)NC2CCS(=O)(=O)C2)c1. The van der Waals surface area contributed by atoms with Crippen LogP contribution in [0.1, 0.15) is 12.0 Å². The summed E-state index contributed by atoms with van der Waals surface area (Å²) >= 11 is 6.07. The van der Waals surface area contributed by atoms with Crippen LogP contribution in [0.4, 0.5) is 5.69 Å². The summed E-state index contributed by atoms with van der Waals surface area (Å²) in [5.41, 5.74) is 1.65. The molecule has 0 spiro atoms. The van der Waals surface area contributed by atoms with Gasteiger partial charge in [-0.3, -0.25) is 4.79 Å². The van der Waals surface area contributed by atoms with Crippen molar-refractivity contribution in [2.75, 3.05) is 23.4 Å². The fourth-order valence-electron chi connectivity index (χ4n) is 2.90. The summed E-state index contributed by atoms with van der Waals surface area (Å²) in [4.78, 5) is 12.1. The largest absolute Gasteiger partial charge is 0.455 e. The van der Waals surface area contributed by atoms with Crippen molar-refractivity contribution >= 4 is 33.0 Å². The second-order valence-electron chi connectivity index (χ2n) is 6.58. The Kier molecular flexibility index (Phi) is 5.92. The molecule has 2 aromatic carbocycles. The van der Waals surface area contributed by atoms with Gasteiger partial charge >= 0.3 is 0 Å². The lowest BCUT2D eigenvalue weighted by Crippen LogP contribution is -2.39. The van der Waals surface area contributed by atoms with E-state index >= 15 is 0 Å². The highest BCUT2D eigenvalue weighted by Crippen LogP contribution is 2.32. The van der Waals surface area contributed by atoms with Crippen LogP contribution in [0.5, 0.6) is 11.5 Å². The lowest BCUT2D eigenvalue weighted by Gasteiger charge is -2.15. The van der Waals surface area contributed by atoms with Gasteiger partial charge in [0, 0.05) is 11.1 Å². The third kappa shape index (κ3) is 5.61. The zero-order chi connectivity index (χ0) is 19.4. The Balaban J connectivity index is 1.64. The molecule has 2 aromatic rings. The standard InChI is InChI=1S/C19H21ClN2O4S/c1-13-3-2-4-16(9-13)26-18-6-5-14(20)10-17(18)21-11-19(23)22-15-7-8-27(24,25)12-15/h2-6,9-10,15,21H,7-8,11-12H2,1H3,(H,22,23). The van der Waals surface area contributed by atoms with Crippen LogP contribution in [-0.2, 0) is 14.6 Å². The lowest BCUT2D eigenvalue weighted by molar-refractivity contribution is -0.119. The fraction of sp³-hybridized carbons (Fsp3) is 0.316. The summed E-state index contributed by atoms with van der Waals surface area (Å²) in [5.74, 6) is 1.06. The minimum absolute atomic E-state index is 0.00236. The maximum absolute atomic E-state index is 12.1. The lowest BCUT2D eigenvalue weighted by atomic mass is 10.2. The molecule has 2 N–H and O–H groups in total. The zero-order valence-corrected chi connectivity index (χ0v) is 16.4. The molecule has 1 fully saturated rings. The molecule has 0 aromatic heterocycles. The van der Waals surface area contributed by atoms with Gasteiger partial charge in [-0.15, -0.1) is 0 Å². The number of amides is 1. The van der Waals surface area contributed by atoms with E-state index in [1.54, 1.807) is 18.2 Å². The van der Waals surface area contributed by atoms with Crippen molar-refractivity contribution in [3.05, 3.63) is 53.1 Å². The molecule has 1 unspecified atom stereocenters. The van der Waals surface area contributed by atoms with Gasteiger partial charge in [0.2, 0.25) is 5.91 Å². The molecule has 1 amide bonds. The molecular weight excluding hydrogens is 388 g/mol. The number of nitrogens with one attached hydrogen (secondary N) is 2. The van der Waals surface area contributed by atoms with Gasteiger partial charge in [-0.2, -0.15) is 0 Å². The van der Waals surface area contributed by atoms with Gasteiger partial charge in [0.05, 0.1) is 23.7 Å². The molecule has 0 aliphatic carbocycles. The Morgan fingerprint density at radius 3 is 2.78 bits per heavy atom. The van der Waals surface area contributed by atoms with Crippen LogP contribution < -0.4 is 15.4 Å². The van der Waals surface area contributed by atoms with Crippen LogP contribution in [0.2, 0.25) is 5.02 Å². The average molecular weight is 409 g/mol. The summed E-state index contributed by atoms with van der Waals surface area (Å²) in [7, 11) is -3.03. The normalized spacial score (nSPS) is 18.1. The van der Waals surface area contributed by atoms with Crippen molar-refractivity contribution < 1.29 is 17.9 Å². The number of anilines is 1. The Bertz CT molecular complexity index is 946. The quantitative estimate of drug-likeness (QED) is 0.767. The predicted molar refractivity (Wildman–Crippen MR) is 106 cm³/mol. The smallest absolute Gasteiger partial charge is 0.239 e. The topological polar surface area (TPSA) is 84.5 Å². The molecule has 3 rings (SSSR count). The molecule has 6 nitrogen and oxygen atoms in total. The maximum Gasteiger partial charge on any atom is 0.239 e. The molecule has 1 aliphatic rings. The number of sulfone groups is 1. The van der Waals surface area contributed by atoms with Crippen molar-refractivity contribution in [1.82, 2.24) is 5.32 Å². The van der Waals surface area contributed by atoms with Crippen LogP contribution in [0, 0.1) is 6.92 Å². The van der Waals surface area contributed by atoms with Crippen molar-refractivity contribution in [2.45, 2.75) is 19.4 Å². The second kappa shape index (κ2) is 8.19. The maximum atomic E-state index is 12.1. The number of rotatable bonds is 6. The van der Waals surface area contributed by atoms with Gasteiger partial charge in [0.15, 0.2) is 15.6 Å². The van der Waals surface area contributed by atoms with Crippen molar-refractivity contribution in [1.29, 1.82) is 0 Å². The van der Waals surface area contributed by atoms with Gasteiger partial charge in [-0.25, -0.2) is 8.42 Å². The van der Waals surface area contributed by atoms with Crippen LogP contribution in [0.25, 0.3) is 0 Å². The number of carbonyl (C=O) groups is 1. The van der Waals surface area contributed by atoms with Crippen LogP contribution in [0.15, 0.2) is 42.5 Å². The Morgan fingerprint density at radius 2 is 2.07 bits per heavy atom. The third-order valence-corrected chi connectivity index (χ3v) is 6.20. The molecule has 1 atom stereocenters. The van der Waals surface area contributed by atoms with E-state index < -0.39 is 9.84 Å². The summed E-state index contributed by atoms with van der Waals surface area (Å²) in [6.45, 7) is 1.96. The molecule has 144 valence electrons.